The molecular weight excluding hydrogens is 212 g/mol. The molecule has 2 heterocycles. The van der Waals surface area contributed by atoms with Crippen LogP contribution in [-0.2, 0) is 0 Å². The Morgan fingerprint density at radius 1 is 1.40 bits per heavy atom. The summed E-state index contributed by atoms with van der Waals surface area (Å²) in [6, 6.07) is 0.561. The molecule has 1 saturated heterocycles. The van der Waals surface area contributed by atoms with Crippen LogP contribution in [0.4, 0.5) is 5.82 Å². The molecule has 0 aliphatic carbocycles. The number of likely N-dealkylation sites (N-methyl/N-ethyl adjacent to an activating group) is 1. The third-order valence-electron chi connectivity index (χ3n) is 2.77. The topological polar surface area (TPSA) is 41.1 Å². The number of nitrogens with one attached hydrogen (secondary N) is 1. The largest absolute Gasteiger partial charge is 0.354 e. The van der Waals surface area contributed by atoms with Crippen molar-refractivity contribution in [1.29, 1.82) is 0 Å². The van der Waals surface area contributed by atoms with E-state index in [0.717, 1.165) is 24.6 Å². The zero-order chi connectivity index (χ0) is 9.97. The van der Waals surface area contributed by atoms with Gasteiger partial charge in [0.15, 0.2) is 0 Å². The van der Waals surface area contributed by atoms with Crippen LogP contribution in [-0.4, -0.2) is 36.1 Å². The van der Waals surface area contributed by atoms with Gasteiger partial charge < -0.3 is 10.2 Å². The normalized spacial score (nSPS) is 19.7. The molecule has 2 rings (SSSR count). The highest BCUT2D eigenvalue weighted by atomic mass is 35.5. The SMILES string of the molecule is Cc1nccnc1N(C)C1CCNC1.Cl. The average molecular weight is 229 g/mol. The second-order valence-corrected chi connectivity index (χ2v) is 3.72. The molecule has 1 fully saturated rings. The zero-order valence-electron chi connectivity index (χ0n) is 9.10. The molecule has 1 aliphatic heterocycles. The maximum absolute atomic E-state index is 4.36. The first-order valence-corrected chi connectivity index (χ1v) is 5.00. The summed E-state index contributed by atoms with van der Waals surface area (Å²) in [5, 5.41) is 3.35. The Balaban J connectivity index is 0.00000112. The highest BCUT2D eigenvalue weighted by Crippen LogP contribution is 2.17. The number of rotatable bonds is 2. The molecule has 4 nitrogen and oxygen atoms in total. The summed E-state index contributed by atoms with van der Waals surface area (Å²) in [5.41, 5.74) is 1.00. The van der Waals surface area contributed by atoms with Gasteiger partial charge in [-0.2, -0.15) is 0 Å². The molecule has 0 aromatic carbocycles. The van der Waals surface area contributed by atoms with Crippen LogP contribution < -0.4 is 10.2 Å². The van der Waals surface area contributed by atoms with E-state index in [1.165, 1.54) is 6.42 Å². The van der Waals surface area contributed by atoms with E-state index in [9.17, 15) is 0 Å². The molecule has 0 bridgehead atoms. The number of nitrogens with zero attached hydrogens (tertiary/aromatic N) is 3. The van der Waals surface area contributed by atoms with Crippen LogP contribution in [0.25, 0.3) is 0 Å². The first-order chi connectivity index (χ1) is 6.79. The summed E-state index contributed by atoms with van der Waals surface area (Å²) in [4.78, 5) is 10.8. The first-order valence-electron chi connectivity index (χ1n) is 5.00. The lowest BCUT2D eigenvalue weighted by Gasteiger charge is -2.25. The molecule has 1 N–H and O–H groups in total. The molecule has 1 atom stereocenters. The Hall–Kier alpha value is -0.870. The van der Waals surface area contributed by atoms with E-state index < -0.39 is 0 Å². The van der Waals surface area contributed by atoms with E-state index in [-0.39, 0.29) is 12.4 Å². The van der Waals surface area contributed by atoms with E-state index in [1.54, 1.807) is 12.4 Å². The summed E-state index contributed by atoms with van der Waals surface area (Å²) in [6.45, 7) is 4.15. The van der Waals surface area contributed by atoms with Crippen molar-refractivity contribution in [1.82, 2.24) is 15.3 Å². The Labute approximate surface area is 96.5 Å². The number of aryl methyl sites for hydroxylation is 1. The molecule has 1 aromatic heterocycles. The van der Waals surface area contributed by atoms with Gasteiger partial charge in [-0.3, -0.25) is 4.98 Å². The zero-order valence-corrected chi connectivity index (χ0v) is 9.92. The third kappa shape index (κ3) is 2.58. The quantitative estimate of drug-likeness (QED) is 0.820. The molecule has 1 unspecified atom stereocenters. The minimum absolute atomic E-state index is 0. The summed E-state index contributed by atoms with van der Waals surface area (Å²) in [7, 11) is 2.09. The molecule has 0 radical (unpaired) electrons. The molecule has 5 heteroatoms. The fourth-order valence-electron chi connectivity index (χ4n) is 1.89. The number of hydrogen-bond donors (Lipinski definition) is 1. The molecule has 1 aromatic rings. The highest BCUT2D eigenvalue weighted by molar-refractivity contribution is 5.85. The van der Waals surface area contributed by atoms with Crippen LogP contribution in [0.1, 0.15) is 12.1 Å². The van der Waals surface area contributed by atoms with Gasteiger partial charge in [-0.15, -0.1) is 12.4 Å². The van der Waals surface area contributed by atoms with Crippen LogP contribution in [0.15, 0.2) is 12.4 Å². The predicted molar refractivity (Wildman–Crippen MR) is 63.7 cm³/mol. The minimum atomic E-state index is 0. The van der Waals surface area contributed by atoms with Gasteiger partial charge >= 0.3 is 0 Å². The van der Waals surface area contributed by atoms with E-state index in [1.807, 2.05) is 6.92 Å². The van der Waals surface area contributed by atoms with Crippen LogP contribution in [0.2, 0.25) is 0 Å². The van der Waals surface area contributed by atoms with Gasteiger partial charge in [0.1, 0.15) is 5.82 Å². The fraction of sp³-hybridized carbons (Fsp3) is 0.600. The summed E-state index contributed by atoms with van der Waals surface area (Å²) >= 11 is 0. The molecule has 15 heavy (non-hydrogen) atoms. The van der Waals surface area contributed by atoms with E-state index in [4.69, 9.17) is 0 Å². The molecular formula is C10H17ClN4. The number of aromatic nitrogens is 2. The van der Waals surface area contributed by atoms with E-state index in [0.29, 0.717) is 6.04 Å². The van der Waals surface area contributed by atoms with Crippen LogP contribution in [0, 0.1) is 6.92 Å². The van der Waals surface area contributed by atoms with Crippen LogP contribution in [0.5, 0.6) is 0 Å². The summed E-state index contributed by atoms with van der Waals surface area (Å²) < 4.78 is 0. The summed E-state index contributed by atoms with van der Waals surface area (Å²) in [5.74, 6) is 1.00. The molecule has 0 amide bonds. The monoisotopic (exact) mass is 228 g/mol. The Kier molecular flexibility index (Phi) is 4.29. The lowest BCUT2D eigenvalue weighted by atomic mass is 10.2. The third-order valence-corrected chi connectivity index (χ3v) is 2.77. The standard InChI is InChI=1S/C10H16N4.ClH/c1-8-10(13-6-5-12-8)14(2)9-3-4-11-7-9;/h5-6,9,11H,3-4,7H2,1-2H3;1H. The van der Waals surface area contributed by atoms with Gasteiger partial charge in [0.2, 0.25) is 0 Å². The van der Waals surface area contributed by atoms with Crippen molar-refractivity contribution in [2.75, 3.05) is 25.0 Å². The first kappa shape index (κ1) is 12.2. The number of halogens is 1. The Morgan fingerprint density at radius 3 is 2.73 bits per heavy atom. The van der Waals surface area contributed by atoms with Crippen molar-refractivity contribution in [3.05, 3.63) is 18.1 Å². The lowest BCUT2D eigenvalue weighted by Crippen LogP contribution is -2.34. The molecule has 0 spiro atoms. The average Bonchev–Trinajstić information content (AvgIpc) is 2.70. The lowest BCUT2D eigenvalue weighted by molar-refractivity contribution is 0.673. The van der Waals surface area contributed by atoms with E-state index in [2.05, 4.69) is 27.2 Å². The maximum Gasteiger partial charge on any atom is 0.150 e. The van der Waals surface area contributed by atoms with Crippen molar-refractivity contribution >= 4 is 18.2 Å². The molecule has 84 valence electrons. The maximum atomic E-state index is 4.36. The van der Waals surface area contributed by atoms with Crippen molar-refractivity contribution < 1.29 is 0 Å². The smallest absolute Gasteiger partial charge is 0.150 e. The van der Waals surface area contributed by atoms with Crippen molar-refractivity contribution in [2.45, 2.75) is 19.4 Å². The van der Waals surface area contributed by atoms with Crippen molar-refractivity contribution in [2.24, 2.45) is 0 Å². The van der Waals surface area contributed by atoms with Crippen molar-refractivity contribution in [3.63, 3.8) is 0 Å². The highest BCUT2D eigenvalue weighted by Gasteiger charge is 2.21. The second kappa shape index (κ2) is 5.28. The minimum Gasteiger partial charge on any atom is -0.354 e. The van der Waals surface area contributed by atoms with E-state index >= 15 is 0 Å². The number of anilines is 1. The van der Waals surface area contributed by atoms with Gasteiger partial charge in [-0.25, -0.2) is 4.98 Å². The Bertz CT molecular complexity index is 312. The second-order valence-electron chi connectivity index (χ2n) is 3.72. The van der Waals surface area contributed by atoms with Crippen LogP contribution >= 0.6 is 12.4 Å². The molecule has 1 aliphatic rings. The predicted octanol–water partition coefficient (Wildman–Crippen LogP) is 1.00. The van der Waals surface area contributed by atoms with Crippen LogP contribution in [0.3, 0.4) is 0 Å². The fourth-order valence-corrected chi connectivity index (χ4v) is 1.89. The van der Waals surface area contributed by atoms with Gasteiger partial charge in [-0.1, -0.05) is 0 Å². The van der Waals surface area contributed by atoms with Gasteiger partial charge in [-0.05, 0) is 19.9 Å². The van der Waals surface area contributed by atoms with Crippen molar-refractivity contribution in [3.8, 4) is 0 Å². The molecule has 0 saturated carbocycles. The van der Waals surface area contributed by atoms with Gasteiger partial charge in [0, 0.05) is 32.0 Å². The number of hydrogen-bond acceptors (Lipinski definition) is 4. The Morgan fingerprint density at radius 2 is 2.13 bits per heavy atom. The summed E-state index contributed by atoms with van der Waals surface area (Å²) in [6.07, 6.45) is 4.67. The van der Waals surface area contributed by atoms with Gasteiger partial charge in [0.05, 0.1) is 5.69 Å². The van der Waals surface area contributed by atoms with Gasteiger partial charge in [0.25, 0.3) is 0 Å².